The molecule has 19 heteroatoms. The number of carbonyl (C=O) groups excluding carboxylic acids is 3. The standard InChI is InChI=1S/C50H57Cl2N6O9PS/c1-8-30-26-50(30,68(62,66-35-17-11-13-31(51)21-35)67-36-18-12-14-32(52)22-36)57-45(59)42-24-37(27-58(42)46(60)44(49(4,5)6)56-48(61)65-33-15-9-10-16-33)64-43-25-40(41-28-69-47(55-41)53-29(2)3)54-39-23-34(63-7)19-20-38(39)43/h8,11-14,17-23,25,28-30,33,37,42,44H,1,9-10,15-16,24,26-27H2,2-7H3,(H,53,55)(H,56,61)(H,57,59)/t30-,37-,42+,44-,50+/m1/s1. The normalized spacial score (nSPS) is 20.8. The molecule has 2 aliphatic carbocycles. The predicted molar refractivity (Wildman–Crippen MR) is 269 cm³/mol. The number of carbonyl (C=O) groups is 3. The Balaban J connectivity index is 1.16. The first-order valence-corrected chi connectivity index (χ1v) is 26.2. The van der Waals surface area contributed by atoms with Gasteiger partial charge in [0.05, 0.1) is 24.9 Å². The van der Waals surface area contributed by atoms with E-state index in [0.717, 1.165) is 30.8 Å². The minimum absolute atomic E-state index is 0.00113. The fourth-order valence-corrected chi connectivity index (χ4v) is 12.3. The van der Waals surface area contributed by atoms with Gasteiger partial charge in [0, 0.05) is 51.3 Å². The molecule has 8 rings (SSSR count). The first kappa shape index (κ1) is 49.9. The maximum atomic E-state index is 15.6. The van der Waals surface area contributed by atoms with Crippen molar-refractivity contribution >= 4 is 76.1 Å². The zero-order valence-corrected chi connectivity index (χ0v) is 42.6. The van der Waals surface area contributed by atoms with Crippen LogP contribution in [0, 0.1) is 11.3 Å². The van der Waals surface area contributed by atoms with Crippen molar-refractivity contribution in [1.29, 1.82) is 0 Å². The number of hydrogen-bond donors (Lipinski definition) is 3. The highest BCUT2D eigenvalue weighted by molar-refractivity contribution is 7.57. The number of anilines is 1. The van der Waals surface area contributed by atoms with Crippen molar-refractivity contribution in [3.8, 4) is 34.4 Å². The Bertz CT molecular complexity index is 2730. The number of ether oxygens (including phenoxy) is 3. The molecule has 2 aromatic heterocycles. The number of aromatic nitrogens is 2. The Hall–Kier alpha value is -5.54. The average Bonchev–Trinajstić information content (AvgIpc) is 3.69. The number of nitrogens with one attached hydrogen (secondary N) is 3. The summed E-state index contributed by atoms with van der Waals surface area (Å²) in [5.41, 5.74) is 0.901. The van der Waals surface area contributed by atoms with E-state index in [2.05, 4.69) is 22.5 Å². The molecule has 5 atom stereocenters. The van der Waals surface area contributed by atoms with Crippen LogP contribution >= 0.6 is 42.1 Å². The molecule has 0 radical (unpaired) electrons. The van der Waals surface area contributed by atoms with Crippen LogP contribution in [-0.4, -0.2) is 82.0 Å². The van der Waals surface area contributed by atoms with Gasteiger partial charge >= 0.3 is 13.7 Å². The molecule has 3 N–H and O–H groups in total. The second-order valence-electron chi connectivity index (χ2n) is 19.0. The number of hydrogen-bond acceptors (Lipinski definition) is 13. The van der Waals surface area contributed by atoms with Gasteiger partial charge in [-0.25, -0.2) is 19.3 Å². The quantitative estimate of drug-likeness (QED) is 0.0594. The maximum absolute atomic E-state index is 15.6. The van der Waals surface area contributed by atoms with E-state index in [-0.39, 0.29) is 43.0 Å². The number of likely N-dealkylation sites (tertiary alicyclic amines) is 1. The number of halogens is 2. The third kappa shape index (κ3) is 11.2. The summed E-state index contributed by atoms with van der Waals surface area (Å²) in [5.74, 6) is -0.472. The van der Waals surface area contributed by atoms with Crippen LogP contribution in [0.15, 0.2) is 90.8 Å². The lowest BCUT2D eigenvalue weighted by molar-refractivity contribution is -0.142. The molecule has 3 fully saturated rings. The molecule has 3 amide bonds. The lowest BCUT2D eigenvalue weighted by Crippen LogP contribution is -2.58. The van der Waals surface area contributed by atoms with Crippen LogP contribution in [0.3, 0.4) is 0 Å². The van der Waals surface area contributed by atoms with Crippen LogP contribution in [0.4, 0.5) is 9.93 Å². The molecular formula is C50H57Cl2N6O9PS. The zero-order valence-electron chi connectivity index (χ0n) is 39.3. The molecular weight excluding hydrogens is 963 g/mol. The summed E-state index contributed by atoms with van der Waals surface area (Å²) in [6.07, 6.45) is 3.35. The molecule has 2 saturated carbocycles. The van der Waals surface area contributed by atoms with Crippen molar-refractivity contribution in [2.75, 3.05) is 19.0 Å². The topological polar surface area (TPSA) is 180 Å². The summed E-state index contributed by atoms with van der Waals surface area (Å²) < 4.78 is 46.4. The number of benzene rings is 3. The van der Waals surface area contributed by atoms with Crippen LogP contribution in [-0.2, 0) is 18.9 Å². The highest BCUT2D eigenvalue weighted by Gasteiger charge is 2.71. The van der Waals surface area contributed by atoms with E-state index in [4.69, 9.17) is 56.4 Å². The number of thiazole rings is 1. The highest BCUT2D eigenvalue weighted by Crippen LogP contribution is 2.72. The monoisotopic (exact) mass is 1020 g/mol. The minimum Gasteiger partial charge on any atom is -0.497 e. The third-order valence-corrected chi connectivity index (χ3v) is 16.1. The van der Waals surface area contributed by atoms with Crippen molar-refractivity contribution in [3.63, 3.8) is 0 Å². The van der Waals surface area contributed by atoms with Gasteiger partial charge in [0.2, 0.25) is 11.8 Å². The van der Waals surface area contributed by atoms with Gasteiger partial charge in [-0.1, -0.05) is 62.2 Å². The van der Waals surface area contributed by atoms with Gasteiger partial charge in [0.25, 0.3) is 0 Å². The first-order chi connectivity index (χ1) is 32.9. The number of rotatable bonds is 17. The van der Waals surface area contributed by atoms with Gasteiger partial charge < -0.3 is 44.1 Å². The third-order valence-electron chi connectivity index (χ3n) is 12.4. The Labute approximate surface area is 416 Å². The second kappa shape index (κ2) is 20.4. The summed E-state index contributed by atoms with van der Waals surface area (Å²) in [4.78, 5) is 55.0. The van der Waals surface area contributed by atoms with E-state index in [1.54, 1.807) is 67.8 Å². The Kier molecular flexibility index (Phi) is 14.8. The van der Waals surface area contributed by atoms with E-state index in [1.807, 2.05) is 46.1 Å². The molecule has 69 heavy (non-hydrogen) atoms. The summed E-state index contributed by atoms with van der Waals surface area (Å²) in [6, 6.07) is 17.8. The van der Waals surface area contributed by atoms with E-state index >= 15 is 14.2 Å². The molecule has 366 valence electrons. The van der Waals surface area contributed by atoms with Crippen LogP contribution in [0.25, 0.3) is 22.3 Å². The van der Waals surface area contributed by atoms with Crippen LogP contribution in [0.2, 0.25) is 10.0 Å². The number of pyridine rings is 1. The summed E-state index contributed by atoms with van der Waals surface area (Å²) in [6.45, 7) is 13.5. The number of methoxy groups -OCH3 is 1. The zero-order chi connectivity index (χ0) is 49.3. The second-order valence-corrected chi connectivity index (χ2v) is 22.9. The molecule has 3 heterocycles. The van der Waals surface area contributed by atoms with Crippen LogP contribution in [0.1, 0.15) is 73.1 Å². The van der Waals surface area contributed by atoms with Crippen molar-refractivity contribution in [1.82, 2.24) is 25.5 Å². The van der Waals surface area contributed by atoms with Gasteiger partial charge in [-0.05, 0) is 99.9 Å². The first-order valence-electron chi connectivity index (χ1n) is 23.0. The number of alkyl carbamates (subject to hydrolysis) is 1. The van der Waals surface area contributed by atoms with Crippen molar-refractivity contribution in [2.24, 2.45) is 11.3 Å². The molecule has 5 aromatic rings. The minimum atomic E-state index is -4.49. The fraction of sp³-hybridized carbons (Fsp3) is 0.420. The Morgan fingerprint density at radius 1 is 0.928 bits per heavy atom. The fourth-order valence-electron chi connectivity index (χ4n) is 8.80. The average molecular weight is 1020 g/mol. The van der Waals surface area contributed by atoms with Crippen LogP contribution < -0.4 is 34.5 Å². The lowest BCUT2D eigenvalue weighted by atomic mass is 9.85. The molecule has 0 spiro atoms. The molecule has 1 aliphatic heterocycles. The Morgan fingerprint density at radius 2 is 1.61 bits per heavy atom. The maximum Gasteiger partial charge on any atom is 0.456 e. The van der Waals surface area contributed by atoms with Gasteiger partial charge in [-0.15, -0.1) is 17.9 Å². The molecule has 3 aliphatic rings. The van der Waals surface area contributed by atoms with Crippen molar-refractivity contribution in [2.45, 2.75) is 109 Å². The van der Waals surface area contributed by atoms with Gasteiger partial charge in [-0.2, -0.15) is 0 Å². The van der Waals surface area contributed by atoms with Crippen LogP contribution in [0.5, 0.6) is 23.0 Å². The molecule has 15 nitrogen and oxygen atoms in total. The van der Waals surface area contributed by atoms with Gasteiger partial charge in [-0.3, -0.25) is 9.59 Å². The number of nitrogens with zero attached hydrogens (tertiary/aromatic N) is 3. The largest absolute Gasteiger partial charge is 0.497 e. The lowest BCUT2D eigenvalue weighted by Gasteiger charge is -2.36. The Morgan fingerprint density at radius 3 is 2.20 bits per heavy atom. The van der Waals surface area contributed by atoms with E-state index < -0.39 is 60.3 Å². The van der Waals surface area contributed by atoms with E-state index in [1.165, 1.54) is 28.4 Å². The number of fused-ring (bicyclic) bond motifs is 1. The molecule has 0 unspecified atom stereocenters. The molecule has 0 bridgehead atoms. The van der Waals surface area contributed by atoms with Gasteiger partial charge in [0.15, 0.2) is 10.4 Å². The summed E-state index contributed by atoms with van der Waals surface area (Å²) in [5, 5.41) is 11.5. The SMILES string of the molecule is C=C[C@@H]1C[C@]1(NC(=O)[C@@H]1C[C@@H](Oc2cc(-c3csc(NC(C)C)n3)nc3cc(OC)ccc23)CN1C(=O)[C@@H](NC(=O)OC1CCCC1)C(C)(C)C)P(=O)(Oc1cccc(Cl)c1)Oc1cccc(Cl)c1. The summed E-state index contributed by atoms with van der Waals surface area (Å²) >= 11 is 14.2. The van der Waals surface area contributed by atoms with Crippen molar-refractivity contribution < 1.29 is 42.2 Å². The summed E-state index contributed by atoms with van der Waals surface area (Å²) in [7, 11) is -2.91. The van der Waals surface area contributed by atoms with E-state index in [0.29, 0.717) is 43.8 Å². The predicted octanol–water partition coefficient (Wildman–Crippen LogP) is 11.3. The van der Waals surface area contributed by atoms with Crippen molar-refractivity contribution in [3.05, 3.63) is 101 Å². The smallest absolute Gasteiger partial charge is 0.456 e. The number of amides is 3. The highest BCUT2D eigenvalue weighted by atomic mass is 35.5. The molecule has 3 aromatic carbocycles. The van der Waals surface area contributed by atoms with E-state index in [9.17, 15) is 4.79 Å². The molecule has 1 saturated heterocycles. The van der Waals surface area contributed by atoms with Gasteiger partial charge in [0.1, 0.15) is 53.0 Å².